The first kappa shape index (κ1) is 20.8. The molecule has 2 amide bonds. The van der Waals surface area contributed by atoms with Crippen LogP contribution in [-0.2, 0) is 9.53 Å². The minimum absolute atomic E-state index is 0.0808. The third-order valence-corrected chi connectivity index (χ3v) is 5.32. The van der Waals surface area contributed by atoms with E-state index in [-0.39, 0.29) is 17.7 Å². The van der Waals surface area contributed by atoms with Gasteiger partial charge >= 0.3 is 6.09 Å². The lowest BCUT2D eigenvalue weighted by Crippen LogP contribution is -2.54. The van der Waals surface area contributed by atoms with Crippen LogP contribution in [-0.4, -0.2) is 97.1 Å². The maximum atomic E-state index is 12.6. The van der Waals surface area contributed by atoms with Crippen molar-refractivity contribution in [2.24, 2.45) is 0 Å². The van der Waals surface area contributed by atoms with Crippen LogP contribution >= 0.6 is 0 Å². The van der Waals surface area contributed by atoms with Crippen molar-refractivity contribution in [1.29, 1.82) is 0 Å². The van der Waals surface area contributed by atoms with E-state index in [0.717, 1.165) is 31.9 Å². The highest BCUT2D eigenvalue weighted by molar-refractivity contribution is 5.78. The van der Waals surface area contributed by atoms with E-state index in [4.69, 9.17) is 4.74 Å². The lowest BCUT2D eigenvalue weighted by molar-refractivity contribution is -0.384. The third-order valence-electron chi connectivity index (χ3n) is 5.32. The van der Waals surface area contributed by atoms with Gasteiger partial charge in [-0.25, -0.2) is 4.79 Å². The number of ether oxygens (including phenoxy) is 1. The van der Waals surface area contributed by atoms with Gasteiger partial charge in [-0.1, -0.05) is 0 Å². The highest BCUT2D eigenvalue weighted by atomic mass is 16.6. The molecule has 29 heavy (non-hydrogen) atoms. The zero-order valence-corrected chi connectivity index (χ0v) is 16.7. The fourth-order valence-electron chi connectivity index (χ4n) is 3.59. The number of nitrogens with zero attached hydrogens (tertiary/aromatic N) is 5. The third kappa shape index (κ3) is 5.35. The number of carbonyl (C=O) groups excluding carboxylic acids is 2. The molecule has 0 radical (unpaired) electrons. The normalized spacial score (nSPS) is 17.9. The molecule has 3 rings (SSSR count). The van der Waals surface area contributed by atoms with Crippen molar-refractivity contribution in [2.45, 2.75) is 6.92 Å². The fraction of sp³-hybridized carbons (Fsp3) is 0.579. The van der Waals surface area contributed by atoms with Gasteiger partial charge in [0, 0.05) is 70.2 Å². The summed E-state index contributed by atoms with van der Waals surface area (Å²) in [5.41, 5.74) is 1.04. The van der Waals surface area contributed by atoms with Gasteiger partial charge in [0.2, 0.25) is 5.91 Å². The highest BCUT2D eigenvalue weighted by Crippen LogP contribution is 2.20. The van der Waals surface area contributed by atoms with Crippen molar-refractivity contribution >= 4 is 23.4 Å². The van der Waals surface area contributed by atoms with Gasteiger partial charge in [-0.2, -0.15) is 0 Å². The van der Waals surface area contributed by atoms with E-state index in [1.165, 1.54) is 12.1 Å². The van der Waals surface area contributed by atoms with E-state index in [9.17, 15) is 19.7 Å². The molecular formula is C19H27N5O5. The number of piperazine rings is 2. The van der Waals surface area contributed by atoms with Crippen molar-refractivity contribution in [3.05, 3.63) is 34.4 Å². The monoisotopic (exact) mass is 405 g/mol. The van der Waals surface area contributed by atoms with Gasteiger partial charge in [0.1, 0.15) is 0 Å². The predicted octanol–water partition coefficient (Wildman–Crippen LogP) is 1.02. The summed E-state index contributed by atoms with van der Waals surface area (Å²) in [6.07, 6.45) is -0.318. The Morgan fingerprint density at radius 3 is 2.10 bits per heavy atom. The van der Waals surface area contributed by atoms with Crippen LogP contribution in [0.3, 0.4) is 0 Å². The van der Waals surface area contributed by atoms with E-state index >= 15 is 0 Å². The number of carbonyl (C=O) groups is 2. The summed E-state index contributed by atoms with van der Waals surface area (Å²) in [6.45, 7) is 7.59. The molecular weight excluding hydrogens is 378 g/mol. The van der Waals surface area contributed by atoms with E-state index in [1.54, 1.807) is 28.9 Å². The van der Waals surface area contributed by atoms with E-state index in [0.29, 0.717) is 39.3 Å². The molecule has 0 bridgehead atoms. The first-order valence-electron chi connectivity index (χ1n) is 9.89. The van der Waals surface area contributed by atoms with Crippen LogP contribution in [0.5, 0.6) is 0 Å². The molecule has 2 aliphatic rings. The number of anilines is 1. The predicted molar refractivity (Wildman–Crippen MR) is 107 cm³/mol. The maximum absolute atomic E-state index is 12.6. The van der Waals surface area contributed by atoms with Crippen LogP contribution in [0.2, 0.25) is 0 Å². The molecule has 1 aromatic carbocycles. The van der Waals surface area contributed by atoms with Gasteiger partial charge in [0.05, 0.1) is 18.1 Å². The zero-order chi connectivity index (χ0) is 20.8. The van der Waals surface area contributed by atoms with Crippen LogP contribution in [0.25, 0.3) is 0 Å². The molecule has 2 saturated heterocycles. The van der Waals surface area contributed by atoms with Crippen molar-refractivity contribution < 1.29 is 19.2 Å². The minimum Gasteiger partial charge on any atom is -0.450 e. The van der Waals surface area contributed by atoms with Crippen molar-refractivity contribution in [3.63, 3.8) is 0 Å². The molecule has 10 nitrogen and oxygen atoms in total. The summed E-state index contributed by atoms with van der Waals surface area (Å²) in [5.74, 6) is 0.0808. The molecule has 1 aromatic rings. The standard InChI is InChI=1S/C19H27N5O5/c1-2-29-19(26)23-13-11-22(12-14-23)18(25)15-20-7-9-21(10-8-20)16-3-5-17(6-4-16)24(27)28/h3-6H,2,7-15H2,1H3. The SMILES string of the molecule is CCOC(=O)N1CCN(C(=O)CN2CCN(c3ccc([N+](=O)[O-])cc3)CC2)CC1. The van der Waals surface area contributed by atoms with Crippen LogP contribution in [0, 0.1) is 10.1 Å². The van der Waals surface area contributed by atoms with E-state index in [1.807, 2.05) is 0 Å². The molecule has 0 saturated carbocycles. The van der Waals surface area contributed by atoms with Crippen LogP contribution in [0.4, 0.5) is 16.2 Å². The average Bonchev–Trinajstić information content (AvgIpc) is 2.74. The second kappa shape index (κ2) is 9.55. The Morgan fingerprint density at radius 1 is 0.966 bits per heavy atom. The van der Waals surface area contributed by atoms with Gasteiger partial charge in [0.25, 0.3) is 5.69 Å². The average molecular weight is 405 g/mol. The number of benzene rings is 1. The van der Waals surface area contributed by atoms with Crippen molar-refractivity contribution in [3.8, 4) is 0 Å². The smallest absolute Gasteiger partial charge is 0.409 e. The summed E-state index contributed by atoms with van der Waals surface area (Å²) < 4.78 is 5.00. The number of hydrogen-bond acceptors (Lipinski definition) is 7. The van der Waals surface area contributed by atoms with E-state index < -0.39 is 4.92 Å². The Hall–Kier alpha value is -2.88. The molecule has 2 heterocycles. The highest BCUT2D eigenvalue weighted by Gasteiger charge is 2.27. The molecule has 0 N–H and O–H groups in total. The largest absolute Gasteiger partial charge is 0.450 e. The summed E-state index contributed by atoms with van der Waals surface area (Å²) >= 11 is 0. The van der Waals surface area contributed by atoms with Gasteiger partial charge in [-0.15, -0.1) is 0 Å². The Labute approximate surface area is 169 Å². The van der Waals surface area contributed by atoms with Crippen molar-refractivity contribution in [2.75, 3.05) is 70.4 Å². The van der Waals surface area contributed by atoms with Gasteiger partial charge in [0.15, 0.2) is 0 Å². The number of nitro groups is 1. The Kier molecular flexibility index (Phi) is 6.86. The van der Waals surface area contributed by atoms with Gasteiger partial charge < -0.3 is 19.4 Å². The topological polar surface area (TPSA) is 99.5 Å². The lowest BCUT2D eigenvalue weighted by Gasteiger charge is -2.38. The molecule has 10 heteroatoms. The lowest BCUT2D eigenvalue weighted by atomic mass is 10.2. The second-order valence-electron chi connectivity index (χ2n) is 7.10. The Morgan fingerprint density at radius 2 is 1.55 bits per heavy atom. The first-order valence-corrected chi connectivity index (χ1v) is 9.89. The Balaban J connectivity index is 1.42. The van der Waals surface area contributed by atoms with Crippen LogP contribution in [0.1, 0.15) is 6.92 Å². The van der Waals surface area contributed by atoms with Crippen molar-refractivity contribution in [1.82, 2.24) is 14.7 Å². The maximum Gasteiger partial charge on any atom is 0.409 e. The van der Waals surface area contributed by atoms with Crippen LogP contribution in [0.15, 0.2) is 24.3 Å². The molecule has 2 aliphatic heterocycles. The summed E-state index contributed by atoms with van der Waals surface area (Å²) in [7, 11) is 0. The molecule has 0 spiro atoms. The van der Waals surface area contributed by atoms with E-state index in [2.05, 4.69) is 9.80 Å². The quantitative estimate of drug-likeness (QED) is 0.533. The Bertz CT molecular complexity index is 725. The molecule has 0 aromatic heterocycles. The molecule has 0 aliphatic carbocycles. The second-order valence-corrected chi connectivity index (χ2v) is 7.10. The molecule has 0 unspecified atom stereocenters. The fourth-order valence-corrected chi connectivity index (χ4v) is 3.59. The number of nitro benzene ring substituents is 1. The number of amides is 2. The molecule has 158 valence electrons. The number of hydrogen-bond donors (Lipinski definition) is 0. The van der Waals surface area contributed by atoms with Crippen LogP contribution < -0.4 is 4.90 Å². The van der Waals surface area contributed by atoms with Gasteiger partial charge in [-0.05, 0) is 19.1 Å². The first-order chi connectivity index (χ1) is 14.0. The molecule has 0 atom stereocenters. The van der Waals surface area contributed by atoms with Gasteiger partial charge in [-0.3, -0.25) is 19.8 Å². The summed E-state index contributed by atoms with van der Waals surface area (Å²) in [5, 5.41) is 10.8. The number of non-ortho nitro benzene ring substituents is 1. The zero-order valence-electron chi connectivity index (χ0n) is 16.7. The number of rotatable bonds is 5. The summed E-state index contributed by atoms with van der Waals surface area (Å²) in [6, 6.07) is 6.56. The summed E-state index contributed by atoms with van der Waals surface area (Å²) in [4.78, 5) is 42.4. The molecule has 2 fully saturated rings. The minimum atomic E-state index is -0.403.